The summed E-state index contributed by atoms with van der Waals surface area (Å²) in [6.45, 7) is 3.62. The number of unbranched alkanes of at least 4 members (excludes halogenated alkanes) is 3. The molecule has 10 heteroatoms. The van der Waals surface area contributed by atoms with Crippen LogP contribution in [0.4, 0.5) is 11.4 Å². The highest BCUT2D eigenvalue weighted by Crippen LogP contribution is 2.31. The van der Waals surface area contributed by atoms with Crippen LogP contribution in [-0.4, -0.2) is 35.1 Å². The van der Waals surface area contributed by atoms with Crippen LogP contribution in [0.1, 0.15) is 89.2 Å². The Balaban J connectivity index is 1.08. The molecule has 0 heterocycles. The highest BCUT2D eigenvalue weighted by Gasteiger charge is 2.30. The van der Waals surface area contributed by atoms with Crippen LogP contribution >= 0.6 is 0 Å². The lowest BCUT2D eigenvalue weighted by Gasteiger charge is -2.08. The van der Waals surface area contributed by atoms with E-state index in [1.807, 2.05) is 62.4 Å². The number of amides is 4. The Morgan fingerprint density at radius 2 is 1.05 bits per heavy atom. The summed E-state index contributed by atoms with van der Waals surface area (Å²) in [7, 11) is 0. The highest BCUT2D eigenvalue weighted by atomic mass is 16.2. The van der Waals surface area contributed by atoms with Gasteiger partial charge >= 0.3 is 0 Å². The molecule has 2 aliphatic carbocycles. The molecule has 4 amide bonds. The second-order valence-electron chi connectivity index (χ2n) is 11.1. The summed E-state index contributed by atoms with van der Waals surface area (Å²) >= 11 is 0. The molecular formula is C32H40N6O4. The summed E-state index contributed by atoms with van der Waals surface area (Å²) < 4.78 is 0. The minimum atomic E-state index is -0.161. The van der Waals surface area contributed by atoms with E-state index >= 15 is 0 Å². The largest absolute Gasteiger partial charge is 0.326 e. The van der Waals surface area contributed by atoms with Crippen LogP contribution in [0.15, 0.2) is 58.7 Å². The second kappa shape index (κ2) is 15.0. The summed E-state index contributed by atoms with van der Waals surface area (Å²) in [6.07, 6.45) is 7.55. The molecule has 0 aromatic heterocycles. The van der Waals surface area contributed by atoms with Crippen molar-refractivity contribution in [2.24, 2.45) is 22.0 Å². The van der Waals surface area contributed by atoms with Crippen molar-refractivity contribution in [1.29, 1.82) is 0 Å². The fourth-order valence-electron chi connectivity index (χ4n) is 4.28. The SMILES string of the molecule is C/C(=N\NC(=O)CCCCCCC(=O)N/N=C(\C)c1cccc(NC(=O)C2CC2)c1)c1cccc(NC(=O)C2CC2)c1. The van der Waals surface area contributed by atoms with E-state index in [-0.39, 0.29) is 35.5 Å². The van der Waals surface area contributed by atoms with Crippen molar-refractivity contribution in [2.75, 3.05) is 10.6 Å². The second-order valence-corrected chi connectivity index (χ2v) is 11.1. The first-order chi connectivity index (χ1) is 20.3. The molecule has 0 radical (unpaired) electrons. The van der Waals surface area contributed by atoms with Crippen LogP contribution in [0, 0.1) is 11.8 Å². The normalized spacial score (nSPS) is 15.1. The van der Waals surface area contributed by atoms with Gasteiger partial charge in [0.25, 0.3) is 0 Å². The van der Waals surface area contributed by atoms with E-state index in [2.05, 4.69) is 31.7 Å². The molecule has 4 N–H and O–H groups in total. The van der Waals surface area contributed by atoms with Gasteiger partial charge in [0.2, 0.25) is 23.6 Å². The van der Waals surface area contributed by atoms with Gasteiger partial charge < -0.3 is 10.6 Å². The van der Waals surface area contributed by atoms with Gasteiger partial charge in [0.05, 0.1) is 11.4 Å². The Morgan fingerprint density at radius 1 is 0.643 bits per heavy atom. The van der Waals surface area contributed by atoms with E-state index in [9.17, 15) is 19.2 Å². The Morgan fingerprint density at radius 3 is 1.43 bits per heavy atom. The molecule has 2 aliphatic rings. The molecule has 0 unspecified atom stereocenters. The van der Waals surface area contributed by atoms with E-state index in [1.165, 1.54) is 0 Å². The number of nitrogens with zero attached hydrogens (tertiary/aromatic N) is 2. The molecule has 2 fully saturated rings. The van der Waals surface area contributed by atoms with Gasteiger partial charge in [0.1, 0.15) is 0 Å². The Kier molecular flexibility index (Phi) is 11.0. The summed E-state index contributed by atoms with van der Waals surface area (Å²) in [5.74, 6) is 0.0391. The fraction of sp³-hybridized carbons (Fsp3) is 0.438. The van der Waals surface area contributed by atoms with Gasteiger partial charge in [-0.05, 0) is 87.8 Å². The smallest absolute Gasteiger partial charge is 0.240 e. The number of rotatable bonds is 15. The quantitative estimate of drug-likeness (QED) is 0.134. The third-order valence-electron chi connectivity index (χ3n) is 7.25. The van der Waals surface area contributed by atoms with Crippen LogP contribution in [0.2, 0.25) is 0 Å². The average molecular weight is 573 g/mol. The Labute approximate surface area is 246 Å². The zero-order valence-corrected chi connectivity index (χ0v) is 24.4. The molecule has 10 nitrogen and oxygen atoms in total. The van der Waals surface area contributed by atoms with E-state index in [0.29, 0.717) is 37.1 Å². The van der Waals surface area contributed by atoms with Crippen molar-refractivity contribution in [2.45, 2.75) is 78.1 Å². The minimum Gasteiger partial charge on any atom is -0.326 e. The lowest BCUT2D eigenvalue weighted by atomic mass is 10.1. The molecule has 222 valence electrons. The summed E-state index contributed by atoms with van der Waals surface area (Å²) in [5.41, 5.74) is 9.61. The van der Waals surface area contributed by atoms with E-state index in [1.54, 1.807) is 0 Å². The molecule has 2 aromatic rings. The third-order valence-corrected chi connectivity index (χ3v) is 7.25. The predicted molar refractivity (Wildman–Crippen MR) is 164 cm³/mol. The number of benzene rings is 2. The molecule has 2 aromatic carbocycles. The van der Waals surface area contributed by atoms with Crippen molar-refractivity contribution < 1.29 is 19.2 Å². The van der Waals surface area contributed by atoms with Crippen molar-refractivity contribution in [3.63, 3.8) is 0 Å². The number of nitrogens with one attached hydrogen (secondary N) is 4. The van der Waals surface area contributed by atoms with Crippen molar-refractivity contribution in [1.82, 2.24) is 10.9 Å². The number of anilines is 2. The molecule has 0 atom stereocenters. The molecule has 42 heavy (non-hydrogen) atoms. The predicted octanol–water partition coefficient (Wildman–Crippen LogP) is 5.10. The maximum absolute atomic E-state index is 12.2. The maximum Gasteiger partial charge on any atom is 0.240 e. The third kappa shape index (κ3) is 10.2. The molecule has 4 rings (SSSR count). The zero-order valence-electron chi connectivity index (χ0n) is 24.4. The first-order valence-electron chi connectivity index (χ1n) is 14.8. The molecule has 0 saturated heterocycles. The maximum atomic E-state index is 12.2. The standard InChI is InChI=1S/C32H40N6O4/c1-21(25-9-7-11-27(19-25)33-31(41)23-15-16-23)35-37-29(39)13-5-3-4-6-14-30(40)38-36-22(2)26-10-8-12-28(20-26)34-32(42)24-17-18-24/h7-12,19-20,23-24H,3-6,13-18H2,1-2H3,(H,33,41)(H,34,42)(H,37,39)(H,38,40)/b35-21+,36-22+. The van der Waals surface area contributed by atoms with Crippen molar-refractivity contribution >= 4 is 46.4 Å². The minimum absolute atomic E-state index is 0.0493. The lowest BCUT2D eigenvalue weighted by Crippen LogP contribution is -2.19. The van der Waals surface area contributed by atoms with Crippen LogP contribution in [0.25, 0.3) is 0 Å². The van der Waals surface area contributed by atoms with Gasteiger partial charge in [-0.15, -0.1) is 0 Å². The molecule has 0 spiro atoms. The van der Waals surface area contributed by atoms with Crippen LogP contribution in [0.3, 0.4) is 0 Å². The number of carbonyl (C=O) groups excluding carboxylic acids is 4. The van der Waals surface area contributed by atoms with Gasteiger partial charge in [0.15, 0.2) is 0 Å². The van der Waals surface area contributed by atoms with Crippen molar-refractivity contribution in [3.8, 4) is 0 Å². The molecule has 0 bridgehead atoms. The molecular weight excluding hydrogens is 532 g/mol. The lowest BCUT2D eigenvalue weighted by molar-refractivity contribution is -0.122. The zero-order chi connectivity index (χ0) is 29.9. The van der Waals surface area contributed by atoms with E-state index in [4.69, 9.17) is 0 Å². The van der Waals surface area contributed by atoms with Crippen LogP contribution in [-0.2, 0) is 19.2 Å². The Bertz CT molecular complexity index is 1260. The summed E-state index contributed by atoms with van der Waals surface area (Å²) in [5, 5.41) is 14.3. The number of hydrogen-bond acceptors (Lipinski definition) is 6. The monoisotopic (exact) mass is 572 g/mol. The number of carbonyl (C=O) groups is 4. The van der Waals surface area contributed by atoms with Gasteiger partial charge in [-0.25, -0.2) is 10.9 Å². The number of hydrazone groups is 2. The molecule has 0 aliphatic heterocycles. The fourth-order valence-corrected chi connectivity index (χ4v) is 4.28. The van der Waals surface area contributed by atoms with Gasteiger partial charge in [-0.3, -0.25) is 19.2 Å². The van der Waals surface area contributed by atoms with E-state index < -0.39 is 0 Å². The van der Waals surface area contributed by atoms with Crippen molar-refractivity contribution in [3.05, 3.63) is 59.7 Å². The first-order valence-corrected chi connectivity index (χ1v) is 14.8. The van der Waals surface area contributed by atoms with E-state index in [0.717, 1.165) is 61.0 Å². The van der Waals surface area contributed by atoms with Gasteiger partial charge in [-0.1, -0.05) is 37.1 Å². The highest BCUT2D eigenvalue weighted by molar-refractivity contribution is 6.02. The number of hydrogen-bond donors (Lipinski definition) is 4. The first kappa shape index (κ1) is 30.6. The van der Waals surface area contributed by atoms with Crippen LogP contribution in [0.5, 0.6) is 0 Å². The molecule has 2 saturated carbocycles. The van der Waals surface area contributed by atoms with Gasteiger partial charge in [-0.2, -0.15) is 10.2 Å². The summed E-state index contributed by atoms with van der Waals surface area (Å²) in [6, 6.07) is 14.9. The average Bonchev–Trinajstić information content (AvgIpc) is 3.89. The topological polar surface area (TPSA) is 141 Å². The summed E-state index contributed by atoms with van der Waals surface area (Å²) in [4.78, 5) is 48.4. The Hall–Kier alpha value is -4.34. The van der Waals surface area contributed by atoms with Crippen LogP contribution < -0.4 is 21.5 Å². The van der Waals surface area contributed by atoms with Gasteiger partial charge in [0, 0.05) is 36.1 Å².